The molecule has 4 nitrogen and oxygen atoms in total. The third-order valence-corrected chi connectivity index (χ3v) is 9.86. The van der Waals surface area contributed by atoms with Gasteiger partial charge in [0.15, 0.2) is 0 Å². The number of carbonyl (C=O) groups excluding carboxylic acids is 1. The lowest BCUT2D eigenvalue weighted by Crippen LogP contribution is -2.50. The van der Waals surface area contributed by atoms with E-state index < -0.39 is 0 Å². The van der Waals surface area contributed by atoms with Gasteiger partial charge in [-0.1, -0.05) is 86.0 Å². The number of allylic oxidation sites excluding steroid dienone is 1. The van der Waals surface area contributed by atoms with Crippen LogP contribution in [0.2, 0.25) is 5.02 Å². The number of rotatable bonds is 5. The molecule has 2 saturated heterocycles. The van der Waals surface area contributed by atoms with Crippen LogP contribution in [-0.4, -0.2) is 54.6 Å². The Kier molecular flexibility index (Phi) is 6.94. The van der Waals surface area contributed by atoms with Crippen molar-refractivity contribution >= 4 is 17.6 Å². The van der Waals surface area contributed by atoms with E-state index in [9.17, 15) is 4.79 Å². The molecule has 0 bridgehead atoms. The van der Waals surface area contributed by atoms with Gasteiger partial charge in [0.2, 0.25) is 0 Å². The lowest BCUT2D eigenvalue weighted by atomic mass is 9.59. The molecule has 6 atom stereocenters. The van der Waals surface area contributed by atoms with Crippen molar-refractivity contribution in [1.29, 1.82) is 0 Å². The quantitative estimate of drug-likeness (QED) is 0.340. The van der Waals surface area contributed by atoms with Gasteiger partial charge >= 0.3 is 5.97 Å². The van der Waals surface area contributed by atoms with Crippen LogP contribution in [0.25, 0.3) is 0 Å². The van der Waals surface area contributed by atoms with E-state index >= 15 is 0 Å². The van der Waals surface area contributed by atoms with Crippen LogP contribution in [0.5, 0.6) is 0 Å². The molecule has 2 aromatic carbocycles. The average molecular weight is 519 g/mol. The summed E-state index contributed by atoms with van der Waals surface area (Å²) in [4.78, 5) is 18.1. The summed E-state index contributed by atoms with van der Waals surface area (Å²) >= 11 is 6.20. The van der Waals surface area contributed by atoms with Crippen LogP contribution in [0.4, 0.5) is 0 Å². The number of piperazine rings is 1. The highest BCUT2D eigenvalue weighted by Gasteiger charge is 2.52. The number of fused-ring (bicyclic) bond motifs is 2. The predicted octanol–water partition coefficient (Wildman–Crippen LogP) is 6.36. The van der Waals surface area contributed by atoms with E-state index in [0.29, 0.717) is 5.92 Å². The van der Waals surface area contributed by atoms with Crippen LogP contribution in [0, 0.1) is 23.2 Å². The highest BCUT2D eigenvalue weighted by atomic mass is 35.5. The molecule has 1 saturated carbocycles. The Morgan fingerprint density at radius 2 is 1.73 bits per heavy atom. The van der Waals surface area contributed by atoms with Crippen LogP contribution in [-0.2, 0) is 9.53 Å². The van der Waals surface area contributed by atoms with Gasteiger partial charge in [-0.15, -0.1) is 0 Å². The molecule has 0 unspecified atom stereocenters. The zero-order valence-electron chi connectivity index (χ0n) is 22.1. The fraction of sp³-hybridized carbons (Fsp3) is 0.531. The molecule has 0 spiro atoms. The maximum Gasteiger partial charge on any atom is 0.311 e. The lowest BCUT2D eigenvalue weighted by Gasteiger charge is -2.46. The van der Waals surface area contributed by atoms with Crippen molar-refractivity contribution in [1.82, 2.24) is 9.80 Å². The Morgan fingerprint density at radius 1 is 1.03 bits per heavy atom. The van der Waals surface area contributed by atoms with Crippen molar-refractivity contribution in [2.45, 2.75) is 51.7 Å². The highest BCUT2D eigenvalue weighted by Crippen LogP contribution is 2.54. The normalized spacial score (nSPS) is 33.3. The van der Waals surface area contributed by atoms with E-state index in [1.165, 1.54) is 30.4 Å². The van der Waals surface area contributed by atoms with Crippen molar-refractivity contribution in [3.63, 3.8) is 0 Å². The first-order valence-electron chi connectivity index (χ1n) is 14.1. The van der Waals surface area contributed by atoms with Gasteiger partial charge < -0.3 is 4.74 Å². The molecule has 3 fully saturated rings. The summed E-state index contributed by atoms with van der Waals surface area (Å²) in [5.41, 5.74) is 4.39. The number of esters is 1. The number of nitrogens with zero attached hydrogens (tertiary/aromatic N) is 2. The molecule has 5 heteroatoms. The number of halogens is 1. The molecule has 2 heterocycles. The lowest BCUT2D eigenvalue weighted by molar-refractivity contribution is -0.145. The predicted molar refractivity (Wildman–Crippen MR) is 148 cm³/mol. The molecular formula is C32H39ClN2O2. The molecule has 2 aliphatic heterocycles. The largest absolute Gasteiger partial charge is 0.461 e. The monoisotopic (exact) mass is 518 g/mol. The molecule has 0 radical (unpaired) electrons. The smallest absolute Gasteiger partial charge is 0.311 e. The number of hydrogen-bond donors (Lipinski definition) is 0. The second-order valence-corrected chi connectivity index (χ2v) is 12.5. The summed E-state index contributed by atoms with van der Waals surface area (Å²) in [5, 5.41) is 0.766. The van der Waals surface area contributed by atoms with Gasteiger partial charge in [0.1, 0.15) is 6.10 Å². The summed E-state index contributed by atoms with van der Waals surface area (Å²) in [6.07, 6.45) is 7.33. The van der Waals surface area contributed by atoms with Crippen molar-refractivity contribution in [2.24, 2.45) is 23.2 Å². The zero-order chi connectivity index (χ0) is 25.6. The van der Waals surface area contributed by atoms with Crippen molar-refractivity contribution in [3.8, 4) is 0 Å². The minimum atomic E-state index is -0.0380. The maximum absolute atomic E-state index is 13.1. The first kappa shape index (κ1) is 25.2. The van der Waals surface area contributed by atoms with E-state index in [0.717, 1.165) is 44.2 Å². The van der Waals surface area contributed by atoms with Crippen molar-refractivity contribution in [2.75, 3.05) is 32.7 Å². The summed E-state index contributed by atoms with van der Waals surface area (Å²) in [5.74, 6) is 0.846. The Hall–Kier alpha value is -2.14. The van der Waals surface area contributed by atoms with Crippen LogP contribution < -0.4 is 0 Å². The molecular weight excluding hydrogens is 480 g/mol. The summed E-state index contributed by atoms with van der Waals surface area (Å²) in [6.45, 7) is 9.43. The van der Waals surface area contributed by atoms with Gasteiger partial charge in [0.05, 0.1) is 12.0 Å². The summed E-state index contributed by atoms with van der Waals surface area (Å²) < 4.78 is 6.02. The van der Waals surface area contributed by atoms with E-state index in [-0.39, 0.29) is 35.4 Å². The van der Waals surface area contributed by atoms with Gasteiger partial charge in [-0.05, 0) is 53.9 Å². The second-order valence-electron chi connectivity index (χ2n) is 12.0. The van der Waals surface area contributed by atoms with E-state index in [1.807, 2.05) is 12.1 Å². The standard InChI is InChI=1S/C32H39ClN2O2/c1-22-7-6-14-32(2)20-29-26(19-28(22)32)27(31(36)37-29)21-34-15-17-35(18-16-34)30(23-8-4-3-5-9-23)24-10-12-25(33)13-11-24/h3-5,8-13,19,22,26-27,29-30H,6-7,14-18,20-21H2,1-2H3/t22-,26+,27+,29+,30+,32+/m0/s1. The average Bonchev–Trinajstić information content (AvgIpc) is 3.19. The third kappa shape index (κ3) is 4.89. The number of benzene rings is 2. The highest BCUT2D eigenvalue weighted by molar-refractivity contribution is 6.30. The summed E-state index contributed by atoms with van der Waals surface area (Å²) in [6, 6.07) is 19.2. The third-order valence-electron chi connectivity index (χ3n) is 9.61. The van der Waals surface area contributed by atoms with E-state index in [4.69, 9.17) is 16.3 Å². The van der Waals surface area contributed by atoms with Gasteiger partial charge in [0.25, 0.3) is 0 Å². The Morgan fingerprint density at radius 3 is 2.46 bits per heavy atom. The number of carbonyl (C=O) groups is 1. The van der Waals surface area contributed by atoms with Crippen molar-refractivity contribution in [3.05, 3.63) is 82.4 Å². The van der Waals surface area contributed by atoms with Gasteiger partial charge in [-0.3, -0.25) is 14.6 Å². The first-order chi connectivity index (χ1) is 17.9. The molecule has 196 valence electrons. The molecule has 4 aliphatic rings. The van der Waals surface area contributed by atoms with Crippen LogP contribution in [0.15, 0.2) is 66.2 Å². The minimum absolute atomic E-state index is 0.0208. The SMILES string of the molecule is C[C@H]1CCC[C@]2(C)C[C@H]3OC(=O)[C@H](CN4CCN([C@H](c5ccccc5)c5ccc(Cl)cc5)CC4)[C@H]3C=C12. The van der Waals surface area contributed by atoms with Crippen LogP contribution >= 0.6 is 11.6 Å². The Balaban J connectivity index is 1.15. The van der Waals surface area contributed by atoms with Crippen molar-refractivity contribution < 1.29 is 9.53 Å². The Labute approximate surface area is 226 Å². The molecule has 2 aliphatic carbocycles. The maximum atomic E-state index is 13.1. The molecule has 0 amide bonds. The molecule has 37 heavy (non-hydrogen) atoms. The number of hydrogen-bond acceptors (Lipinski definition) is 4. The second kappa shape index (κ2) is 10.2. The number of ether oxygens (including phenoxy) is 1. The first-order valence-corrected chi connectivity index (χ1v) is 14.5. The topological polar surface area (TPSA) is 32.8 Å². The molecule has 0 N–H and O–H groups in total. The van der Waals surface area contributed by atoms with Crippen LogP contribution in [0.3, 0.4) is 0 Å². The van der Waals surface area contributed by atoms with Crippen LogP contribution in [0.1, 0.15) is 56.7 Å². The molecule has 6 rings (SSSR count). The van der Waals surface area contributed by atoms with Gasteiger partial charge in [-0.25, -0.2) is 0 Å². The van der Waals surface area contributed by atoms with E-state index in [1.54, 1.807) is 5.57 Å². The minimum Gasteiger partial charge on any atom is -0.461 e. The summed E-state index contributed by atoms with van der Waals surface area (Å²) in [7, 11) is 0. The molecule has 0 aromatic heterocycles. The fourth-order valence-corrected chi connectivity index (χ4v) is 7.76. The fourth-order valence-electron chi connectivity index (χ4n) is 7.64. The van der Waals surface area contributed by atoms with Gasteiger partial charge in [0, 0.05) is 43.7 Å². The Bertz CT molecular complexity index is 1140. The zero-order valence-corrected chi connectivity index (χ0v) is 22.9. The van der Waals surface area contributed by atoms with E-state index in [2.05, 4.69) is 72.2 Å². The molecule has 2 aromatic rings. The van der Waals surface area contributed by atoms with Gasteiger partial charge in [-0.2, -0.15) is 0 Å².